The Morgan fingerprint density at radius 1 is 1.60 bits per heavy atom. The van der Waals surface area contributed by atoms with E-state index in [1.165, 1.54) is 0 Å². The Morgan fingerprint density at radius 3 is 3.00 bits per heavy atom. The number of nitrogens with two attached hydrogens (primary N) is 1. The van der Waals surface area contributed by atoms with Crippen molar-refractivity contribution in [3.05, 3.63) is 28.5 Å². The molecule has 1 aromatic carbocycles. The summed E-state index contributed by atoms with van der Waals surface area (Å²) in [5, 5.41) is 8.81. The largest absolute Gasteiger partial charge is 0.480 e. The highest BCUT2D eigenvalue weighted by Gasteiger charge is 2.18. The van der Waals surface area contributed by atoms with E-state index in [0.717, 1.165) is 11.0 Å². The third kappa shape index (κ3) is 1.73. The molecule has 1 heterocycles. The van der Waals surface area contributed by atoms with Crippen LogP contribution in [0, 0.1) is 0 Å². The number of H-pyrrole nitrogens is 1. The summed E-state index contributed by atoms with van der Waals surface area (Å²) in [5.74, 6) is -1.06. The number of carboxylic acids is 1. The van der Waals surface area contributed by atoms with Crippen LogP contribution in [-0.4, -0.2) is 21.0 Å². The summed E-state index contributed by atoms with van der Waals surface area (Å²) < 4.78 is 0.650. The quantitative estimate of drug-likeness (QED) is 0.769. The number of carboxylic acid groups (broad SMARTS) is 1. The SMILES string of the molecule is NC(C(=O)O)c1cc2[nH]cnc2cc1Br. The number of aromatic nitrogens is 2. The van der Waals surface area contributed by atoms with Crippen molar-refractivity contribution < 1.29 is 9.90 Å². The van der Waals surface area contributed by atoms with Crippen LogP contribution >= 0.6 is 15.9 Å². The molecule has 2 rings (SSSR count). The zero-order valence-electron chi connectivity index (χ0n) is 7.57. The monoisotopic (exact) mass is 269 g/mol. The van der Waals surface area contributed by atoms with Gasteiger partial charge in [-0.15, -0.1) is 0 Å². The summed E-state index contributed by atoms with van der Waals surface area (Å²) in [4.78, 5) is 17.7. The number of imidazole rings is 1. The molecule has 0 saturated heterocycles. The van der Waals surface area contributed by atoms with Crippen LogP contribution < -0.4 is 5.73 Å². The van der Waals surface area contributed by atoms with Gasteiger partial charge >= 0.3 is 5.97 Å². The highest BCUT2D eigenvalue weighted by Crippen LogP contribution is 2.26. The molecule has 1 unspecified atom stereocenters. The lowest BCUT2D eigenvalue weighted by atomic mass is 10.1. The fourth-order valence-electron chi connectivity index (χ4n) is 1.34. The number of nitrogens with one attached hydrogen (secondary N) is 1. The molecule has 0 fully saturated rings. The predicted molar refractivity (Wildman–Crippen MR) is 58.4 cm³/mol. The lowest BCUT2D eigenvalue weighted by molar-refractivity contribution is -0.138. The smallest absolute Gasteiger partial charge is 0.325 e. The van der Waals surface area contributed by atoms with Crippen molar-refractivity contribution in [2.75, 3.05) is 0 Å². The molecule has 0 aliphatic carbocycles. The molecular weight excluding hydrogens is 262 g/mol. The maximum absolute atomic E-state index is 10.8. The minimum Gasteiger partial charge on any atom is -0.480 e. The number of hydrogen-bond acceptors (Lipinski definition) is 3. The van der Waals surface area contributed by atoms with Gasteiger partial charge in [0.15, 0.2) is 0 Å². The van der Waals surface area contributed by atoms with Gasteiger partial charge in [-0.3, -0.25) is 4.79 Å². The predicted octanol–water partition coefficient (Wildman–Crippen LogP) is 1.41. The molecular formula is C9H8BrN3O2. The number of halogens is 1. The standard InChI is InChI=1S/C9H8BrN3O2/c10-5-2-7-6(12-3-13-7)1-4(5)8(11)9(14)15/h1-3,8H,11H2,(H,12,13)(H,14,15). The van der Waals surface area contributed by atoms with Crippen LogP contribution in [0.25, 0.3) is 11.0 Å². The second-order valence-electron chi connectivity index (χ2n) is 3.11. The second kappa shape index (κ2) is 3.63. The Hall–Kier alpha value is -1.40. The van der Waals surface area contributed by atoms with Crippen molar-refractivity contribution in [2.45, 2.75) is 6.04 Å². The number of aliphatic carboxylic acids is 1. The van der Waals surface area contributed by atoms with Gasteiger partial charge in [0.25, 0.3) is 0 Å². The first-order chi connectivity index (χ1) is 7.09. The van der Waals surface area contributed by atoms with E-state index in [1.807, 2.05) is 0 Å². The minimum absolute atomic E-state index is 0.527. The first-order valence-electron chi connectivity index (χ1n) is 4.20. The normalized spacial score (nSPS) is 12.9. The van der Waals surface area contributed by atoms with E-state index in [1.54, 1.807) is 18.5 Å². The summed E-state index contributed by atoms with van der Waals surface area (Å²) in [7, 11) is 0. The van der Waals surface area contributed by atoms with Crippen molar-refractivity contribution in [2.24, 2.45) is 5.73 Å². The van der Waals surface area contributed by atoms with Gasteiger partial charge in [-0.2, -0.15) is 0 Å². The van der Waals surface area contributed by atoms with Crippen LogP contribution in [0.4, 0.5) is 0 Å². The molecule has 1 aromatic heterocycles. The topological polar surface area (TPSA) is 92.0 Å². The van der Waals surface area contributed by atoms with Crippen molar-refractivity contribution in [3.8, 4) is 0 Å². The van der Waals surface area contributed by atoms with Gasteiger partial charge in [0.2, 0.25) is 0 Å². The lowest BCUT2D eigenvalue weighted by Crippen LogP contribution is -2.21. The number of rotatable bonds is 2. The van der Waals surface area contributed by atoms with E-state index in [9.17, 15) is 4.79 Å². The van der Waals surface area contributed by atoms with Crippen LogP contribution in [-0.2, 0) is 4.79 Å². The Bertz CT molecular complexity index is 523. The average molecular weight is 270 g/mol. The molecule has 6 heteroatoms. The summed E-state index contributed by atoms with van der Waals surface area (Å²) >= 11 is 3.27. The molecule has 15 heavy (non-hydrogen) atoms. The van der Waals surface area contributed by atoms with E-state index in [0.29, 0.717) is 10.0 Å². The van der Waals surface area contributed by atoms with Gasteiger partial charge in [0.1, 0.15) is 6.04 Å². The number of benzene rings is 1. The van der Waals surface area contributed by atoms with Crippen molar-refractivity contribution in [1.82, 2.24) is 9.97 Å². The Balaban J connectivity index is 2.59. The summed E-state index contributed by atoms with van der Waals surface area (Å²) in [6.07, 6.45) is 1.55. The van der Waals surface area contributed by atoms with E-state index in [4.69, 9.17) is 10.8 Å². The van der Waals surface area contributed by atoms with Crippen LogP contribution in [0.1, 0.15) is 11.6 Å². The van der Waals surface area contributed by atoms with Gasteiger partial charge < -0.3 is 15.8 Å². The third-order valence-electron chi connectivity index (χ3n) is 2.14. The summed E-state index contributed by atoms with van der Waals surface area (Å²) in [6, 6.07) is 2.39. The minimum atomic E-state index is -1.06. The molecule has 0 saturated carbocycles. The molecule has 0 aliphatic heterocycles. The molecule has 5 nitrogen and oxygen atoms in total. The molecule has 0 amide bonds. The van der Waals surface area contributed by atoms with Crippen LogP contribution in [0.5, 0.6) is 0 Å². The second-order valence-corrected chi connectivity index (χ2v) is 3.96. The van der Waals surface area contributed by atoms with Gasteiger partial charge in [0.05, 0.1) is 17.4 Å². The third-order valence-corrected chi connectivity index (χ3v) is 2.83. The Labute approximate surface area is 93.4 Å². The highest BCUT2D eigenvalue weighted by atomic mass is 79.9. The maximum Gasteiger partial charge on any atom is 0.325 e. The molecule has 0 bridgehead atoms. The average Bonchev–Trinajstić information content (AvgIpc) is 2.62. The molecule has 0 aliphatic rings. The van der Waals surface area contributed by atoms with Gasteiger partial charge in [0, 0.05) is 4.47 Å². The first kappa shape index (κ1) is 10.1. The van der Waals surface area contributed by atoms with E-state index >= 15 is 0 Å². The number of carbonyl (C=O) groups is 1. The van der Waals surface area contributed by atoms with Gasteiger partial charge in [-0.1, -0.05) is 15.9 Å². The fourth-order valence-corrected chi connectivity index (χ4v) is 1.92. The lowest BCUT2D eigenvalue weighted by Gasteiger charge is -2.08. The summed E-state index contributed by atoms with van der Waals surface area (Å²) in [6.45, 7) is 0. The van der Waals surface area contributed by atoms with E-state index in [-0.39, 0.29) is 0 Å². The van der Waals surface area contributed by atoms with E-state index < -0.39 is 12.0 Å². The molecule has 0 radical (unpaired) electrons. The van der Waals surface area contributed by atoms with Crippen molar-refractivity contribution >= 4 is 32.9 Å². The molecule has 1 atom stereocenters. The van der Waals surface area contributed by atoms with Crippen molar-refractivity contribution in [3.63, 3.8) is 0 Å². The van der Waals surface area contributed by atoms with Crippen LogP contribution in [0.2, 0.25) is 0 Å². The Kier molecular flexibility index (Phi) is 2.45. The van der Waals surface area contributed by atoms with Crippen LogP contribution in [0.3, 0.4) is 0 Å². The van der Waals surface area contributed by atoms with Crippen LogP contribution in [0.15, 0.2) is 22.9 Å². The molecule has 2 aromatic rings. The zero-order valence-corrected chi connectivity index (χ0v) is 9.15. The fraction of sp³-hybridized carbons (Fsp3) is 0.111. The maximum atomic E-state index is 10.8. The van der Waals surface area contributed by atoms with E-state index in [2.05, 4.69) is 25.9 Å². The van der Waals surface area contributed by atoms with Crippen molar-refractivity contribution in [1.29, 1.82) is 0 Å². The zero-order chi connectivity index (χ0) is 11.0. The first-order valence-corrected chi connectivity index (χ1v) is 5.00. The van der Waals surface area contributed by atoms with Gasteiger partial charge in [-0.05, 0) is 17.7 Å². The number of nitrogens with zero attached hydrogens (tertiary/aromatic N) is 1. The number of hydrogen-bond donors (Lipinski definition) is 3. The number of aromatic amines is 1. The molecule has 0 spiro atoms. The highest BCUT2D eigenvalue weighted by molar-refractivity contribution is 9.10. The molecule has 78 valence electrons. The number of fused-ring (bicyclic) bond motifs is 1. The van der Waals surface area contributed by atoms with Gasteiger partial charge in [-0.25, -0.2) is 4.98 Å². The Morgan fingerprint density at radius 2 is 2.33 bits per heavy atom. The molecule has 4 N–H and O–H groups in total. The summed E-state index contributed by atoms with van der Waals surface area (Å²) in [5.41, 5.74) is 7.60.